The smallest absolute Gasteiger partial charge is 0.197 e. The Morgan fingerprint density at radius 2 is 1.44 bits per heavy atom. The van der Waals surface area contributed by atoms with E-state index in [0.717, 1.165) is 12.1 Å². The van der Waals surface area contributed by atoms with E-state index >= 15 is 0 Å². The molecule has 9 N–H and O–H groups in total. The van der Waals surface area contributed by atoms with Crippen LogP contribution in [0.15, 0.2) is 45.6 Å². The second kappa shape index (κ2) is 11.2. The minimum absolute atomic E-state index is 0.0159. The Morgan fingerprint density at radius 3 is 2.12 bits per heavy atom. The number of benzene rings is 2. The standard InChI is InChI=1S/C27H30O14/c1-9-19(32)21(34)24(37)27(39-9)38-8-16-20(33)22(35)23(36)26(41-16)18-13(30)6-12(29)17-14(31)7-15(40-25(17)18)10-2-4-11(28)5-3-10/h2-7,9,16,19-24,26-30,32-37H,8H2,1H3. The summed E-state index contributed by atoms with van der Waals surface area (Å²) < 4.78 is 22.6. The zero-order valence-corrected chi connectivity index (χ0v) is 21.5. The second-order valence-electron chi connectivity index (χ2n) is 10.1. The molecule has 10 atom stereocenters. The van der Waals surface area contributed by atoms with E-state index in [1.165, 1.54) is 31.2 Å². The number of ether oxygens (including phenoxy) is 3. The van der Waals surface area contributed by atoms with Crippen LogP contribution in [0.3, 0.4) is 0 Å². The molecule has 0 spiro atoms. The van der Waals surface area contributed by atoms with Gasteiger partial charge in [0, 0.05) is 17.7 Å². The number of rotatable bonds is 5. The number of phenols is 3. The number of aromatic hydroxyl groups is 3. The first-order chi connectivity index (χ1) is 19.4. The van der Waals surface area contributed by atoms with Crippen molar-refractivity contribution >= 4 is 11.0 Å². The summed E-state index contributed by atoms with van der Waals surface area (Å²) in [4.78, 5) is 13.0. The zero-order chi connectivity index (χ0) is 29.7. The van der Waals surface area contributed by atoms with Gasteiger partial charge in [-0.15, -0.1) is 0 Å². The van der Waals surface area contributed by atoms with Crippen molar-refractivity contribution in [1.29, 1.82) is 0 Å². The summed E-state index contributed by atoms with van der Waals surface area (Å²) in [5.41, 5.74) is -1.05. The molecule has 3 heterocycles. The topological polar surface area (TPSA) is 240 Å². The Bertz CT molecular complexity index is 1460. The fraction of sp³-hybridized carbons (Fsp3) is 0.444. The predicted molar refractivity (Wildman–Crippen MR) is 137 cm³/mol. The molecule has 0 amide bonds. The molecule has 0 radical (unpaired) electrons. The summed E-state index contributed by atoms with van der Waals surface area (Å²) in [5.74, 6) is -1.35. The maximum atomic E-state index is 13.0. The van der Waals surface area contributed by atoms with Crippen LogP contribution in [0, 0.1) is 0 Å². The monoisotopic (exact) mass is 578 g/mol. The maximum Gasteiger partial charge on any atom is 0.197 e. The number of hydrogen-bond donors (Lipinski definition) is 9. The van der Waals surface area contributed by atoms with E-state index in [1.807, 2.05) is 0 Å². The van der Waals surface area contributed by atoms with Crippen LogP contribution in [0.5, 0.6) is 17.2 Å². The fourth-order valence-corrected chi connectivity index (χ4v) is 5.03. The molecule has 0 bridgehead atoms. The van der Waals surface area contributed by atoms with Crippen molar-refractivity contribution in [1.82, 2.24) is 0 Å². The summed E-state index contributed by atoms with van der Waals surface area (Å²) in [6, 6.07) is 7.55. The van der Waals surface area contributed by atoms with Gasteiger partial charge in [0.1, 0.15) is 77.2 Å². The maximum absolute atomic E-state index is 13.0. The highest BCUT2D eigenvalue weighted by Crippen LogP contribution is 2.44. The summed E-state index contributed by atoms with van der Waals surface area (Å²) in [6.45, 7) is 0.884. The van der Waals surface area contributed by atoms with Crippen molar-refractivity contribution in [3.05, 3.63) is 52.2 Å². The molecule has 14 nitrogen and oxygen atoms in total. The Balaban J connectivity index is 1.51. The van der Waals surface area contributed by atoms with Crippen LogP contribution < -0.4 is 5.43 Å². The number of phenolic OH excluding ortho intramolecular Hbond substituents is 3. The third-order valence-corrected chi connectivity index (χ3v) is 7.38. The molecule has 41 heavy (non-hydrogen) atoms. The molecule has 14 heteroatoms. The van der Waals surface area contributed by atoms with Crippen LogP contribution in [-0.4, -0.2) is 108 Å². The molecule has 5 rings (SSSR count). The molecule has 0 saturated carbocycles. The molecule has 1 aromatic heterocycles. The lowest BCUT2D eigenvalue weighted by Crippen LogP contribution is -2.59. The minimum Gasteiger partial charge on any atom is -0.508 e. The van der Waals surface area contributed by atoms with E-state index in [0.29, 0.717) is 5.56 Å². The van der Waals surface area contributed by atoms with Crippen LogP contribution in [0.1, 0.15) is 18.6 Å². The van der Waals surface area contributed by atoms with Crippen molar-refractivity contribution in [2.24, 2.45) is 0 Å². The largest absolute Gasteiger partial charge is 0.508 e. The summed E-state index contributed by atoms with van der Waals surface area (Å²) in [6.07, 6.45) is -15.5. The Labute approximate surface area is 231 Å². The van der Waals surface area contributed by atoms with Gasteiger partial charge in [-0.05, 0) is 31.2 Å². The summed E-state index contributed by atoms with van der Waals surface area (Å²) in [5, 5.41) is 92.7. The zero-order valence-electron chi connectivity index (χ0n) is 21.5. The van der Waals surface area contributed by atoms with E-state index in [9.17, 15) is 50.8 Å². The molecule has 10 unspecified atom stereocenters. The van der Waals surface area contributed by atoms with Gasteiger partial charge in [-0.1, -0.05) is 0 Å². The molecule has 3 aromatic rings. The lowest BCUT2D eigenvalue weighted by Gasteiger charge is -2.42. The normalized spacial score (nSPS) is 34.1. The van der Waals surface area contributed by atoms with Crippen molar-refractivity contribution in [3.8, 4) is 28.6 Å². The molecule has 2 aliphatic heterocycles. The number of aliphatic hydroxyl groups is 6. The van der Waals surface area contributed by atoms with Gasteiger partial charge in [-0.2, -0.15) is 0 Å². The molecule has 2 aromatic carbocycles. The lowest BCUT2D eigenvalue weighted by atomic mass is 9.89. The molecular weight excluding hydrogens is 548 g/mol. The molecule has 0 aliphatic carbocycles. The Kier molecular flexibility index (Phi) is 7.95. The summed E-state index contributed by atoms with van der Waals surface area (Å²) in [7, 11) is 0. The first-order valence-electron chi connectivity index (χ1n) is 12.7. The van der Waals surface area contributed by atoms with Crippen LogP contribution in [-0.2, 0) is 14.2 Å². The molecular formula is C27H30O14. The number of hydrogen-bond acceptors (Lipinski definition) is 14. The number of fused-ring (bicyclic) bond motifs is 1. The van der Waals surface area contributed by atoms with E-state index in [4.69, 9.17) is 18.6 Å². The third-order valence-electron chi connectivity index (χ3n) is 7.38. The third kappa shape index (κ3) is 5.25. The van der Waals surface area contributed by atoms with Gasteiger partial charge in [0.2, 0.25) is 0 Å². The second-order valence-corrected chi connectivity index (χ2v) is 10.1. The summed E-state index contributed by atoms with van der Waals surface area (Å²) >= 11 is 0. The van der Waals surface area contributed by atoms with Gasteiger partial charge >= 0.3 is 0 Å². The van der Waals surface area contributed by atoms with Gasteiger partial charge in [0.05, 0.1) is 18.3 Å². The van der Waals surface area contributed by atoms with Crippen LogP contribution in [0.2, 0.25) is 0 Å². The average Bonchev–Trinajstić information content (AvgIpc) is 2.93. The van der Waals surface area contributed by atoms with Crippen LogP contribution >= 0.6 is 0 Å². The van der Waals surface area contributed by atoms with Crippen molar-refractivity contribution in [2.75, 3.05) is 6.61 Å². The highest BCUT2D eigenvalue weighted by atomic mass is 16.7. The van der Waals surface area contributed by atoms with Crippen molar-refractivity contribution in [2.45, 2.75) is 68.1 Å². The highest BCUT2D eigenvalue weighted by Gasteiger charge is 2.48. The quantitative estimate of drug-likeness (QED) is 0.175. The SMILES string of the molecule is CC1OC(OCC2OC(c3c(O)cc(O)c4c(=O)cc(-c5ccc(O)cc5)oc34)C(O)C(O)C2O)C(O)C(O)C1O. The van der Waals surface area contributed by atoms with Gasteiger partial charge in [0.15, 0.2) is 17.3 Å². The van der Waals surface area contributed by atoms with Gasteiger partial charge in [0.25, 0.3) is 0 Å². The molecule has 222 valence electrons. The molecule has 2 saturated heterocycles. The van der Waals surface area contributed by atoms with Crippen LogP contribution in [0.25, 0.3) is 22.3 Å². The first-order valence-corrected chi connectivity index (χ1v) is 12.7. The van der Waals surface area contributed by atoms with Crippen LogP contribution in [0.4, 0.5) is 0 Å². The van der Waals surface area contributed by atoms with E-state index in [1.54, 1.807) is 0 Å². The van der Waals surface area contributed by atoms with E-state index in [2.05, 4.69) is 0 Å². The Hall–Kier alpha value is -3.31. The fourth-order valence-electron chi connectivity index (χ4n) is 5.03. The molecule has 2 fully saturated rings. The lowest BCUT2D eigenvalue weighted by molar-refractivity contribution is -0.308. The van der Waals surface area contributed by atoms with Gasteiger partial charge < -0.3 is 64.6 Å². The minimum atomic E-state index is -1.86. The van der Waals surface area contributed by atoms with Gasteiger partial charge in [-0.25, -0.2) is 0 Å². The number of aliphatic hydroxyl groups excluding tert-OH is 6. The van der Waals surface area contributed by atoms with E-state index in [-0.39, 0.29) is 28.0 Å². The highest BCUT2D eigenvalue weighted by molar-refractivity contribution is 5.89. The van der Waals surface area contributed by atoms with Gasteiger partial charge in [-0.3, -0.25) is 4.79 Å². The molecule has 2 aliphatic rings. The van der Waals surface area contributed by atoms with E-state index < -0.39 is 84.8 Å². The van der Waals surface area contributed by atoms with Crippen molar-refractivity contribution in [3.63, 3.8) is 0 Å². The Morgan fingerprint density at radius 1 is 0.780 bits per heavy atom. The first kappa shape index (κ1) is 29.2. The average molecular weight is 579 g/mol. The van der Waals surface area contributed by atoms with Crippen molar-refractivity contribution < 1.29 is 64.6 Å². The predicted octanol–water partition coefficient (Wildman–Crippen LogP) is -1.06.